The van der Waals surface area contributed by atoms with E-state index >= 15 is 0 Å². The number of carbonyl (C=O) groups is 2. The second kappa shape index (κ2) is 9.30. The van der Waals surface area contributed by atoms with Crippen molar-refractivity contribution in [2.45, 2.75) is 38.4 Å². The lowest BCUT2D eigenvalue weighted by molar-refractivity contribution is -0.132. The number of nitrogens with two attached hydrogens (primary N) is 1. The third kappa shape index (κ3) is 5.28. The molecule has 3 rings (SSSR count). The first-order chi connectivity index (χ1) is 13.1. The van der Waals surface area contributed by atoms with E-state index in [9.17, 15) is 9.59 Å². The van der Waals surface area contributed by atoms with Crippen LogP contribution in [0.15, 0.2) is 24.3 Å². The standard InChI is InChI=1S/C20H30N4O3/c1-2-23-9-11-24(12-10-23)19(25)13-15-3-5-16(6-4-15)22-20(26)18-8-7-17(14-21)27-18/h3-6,17-18H,2,7-14,21H2,1H3,(H,22,26)/t17-,18+/m1/s1. The van der Waals surface area contributed by atoms with Crippen molar-refractivity contribution in [3.63, 3.8) is 0 Å². The predicted molar refractivity (Wildman–Crippen MR) is 104 cm³/mol. The molecule has 1 aromatic carbocycles. The normalized spacial score (nSPS) is 23.4. The maximum Gasteiger partial charge on any atom is 0.253 e. The minimum absolute atomic E-state index is 0.0201. The number of piperazine rings is 1. The van der Waals surface area contributed by atoms with Crippen LogP contribution in [0.4, 0.5) is 5.69 Å². The maximum atomic E-state index is 12.5. The first-order valence-corrected chi connectivity index (χ1v) is 9.84. The zero-order valence-electron chi connectivity index (χ0n) is 16.0. The number of amides is 2. The highest BCUT2D eigenvalue weighted by Crippen LogP contribution is 2.21. The van der Waals surface area contributed by atoms with Crippen LogP contribution in [0.2, 0.25) is 0 Å². The monoisotopic (exact) mass is 374 g/mol. The molecule has 0 unspecified atom stereocenters. The van der Waals surface area contributed by atoms with Gasteiger partial charge in [0.25, 0.3) is 5.91 Å². The topological polar surface area (TPSA) is 87.9 Å². The van der Waals surface area contributed by atoms with E-state index in [-0.39, 0.29) is 17.9 Å². The van der Waals surface area contributed by atoms with Crippen molar-refractivity contribution in [2.24, 2.45) is 5.73 Å². The first-order valence-electron chi connectivity index (χ1n) is 9.84. The zero-order chi connectivity index (χ0) is 19.2. The molecule has 7 heteroatoms. The molecule has 2 atom stereocenters. The van der Waals surface area contributed by atoms with E-state index in [1.807, 2.05) is 29.2 Å². The van der Waals surface area contributed by atoms with Crippen molar-refractivity contribution in [3.8, 4) is 0 Å². The Morgan fingerprint density at radius 3 is 2.44 bits per heavy atom. The largest absolute Gasteiger partial charge is 0.364 e. The summed E-state index contributed by atoms with van der Waals surface area (Å²) in [5.41, 5.74) is 7.25. The highest BCUT2D eigenvalue weighted by atomic mass is 16.5. The summed E-state index contributed by atoms with van der Waals surface area (Å²) in [7, 11) is 0. The third-order valence-electron chi connectivity index (χ3n) is 5.41. The summed E-state index contributed by atoms with van der Waals surface area (Å²) in [5, 5.41) is 2.88. The van der Waals surface area contributed by atoms with Gasteiger partial charge in [-0.2, -0.15) is 0 Å². The number of benzene rings is 1. The molecule has 27 heavy (non-hydrogen) atoms. The highest BCUT2D eigenvalue weighted by molar-refractivity contribution is 5.94. The van der Waals surface area contributed by atoms with Gasteiger partial charge in [-0.05, 0) is 37.1 Å². The van der Waals surface area contributed by atoms with Crippen LogP contribution in [0.5, 0.6) is 0 Å². The molecule has 0 bridgehead atoms. The van der Waals surface area contributed by atoms with Crippen molar-refractivity contribution < 1.29 is 14.3 Å². The second-order valence-corrected chi connectivity index (χ2v) is 7.24. The molecule has 2 heterocycles. The molecule has 148 valence electrons. The van der Waals surface area contributed by atoms with Crippen molar-refractivity contribution in [1.82, 2.24) is 9.80 Å². The fourth-order valence-corrected chi connectivity index (χ4v) is 3.60. The number of likely N-dealkylation sites (N-methyl/N-ethyl adjacent to an activating group) is 1. The summed E-state index contributed by atoms with van der Waals surface area (Å²) < 4.78 is 5.61. The van der Waals surface area contributed by atoms with E-state index in [2.05, 4.69) is 17.1 Å². The summed E-state index contributed by atoms with van der Waals surface area (Å²) in [6, 6.07) is 7.47. The average Bonchev–Trinajstić information content (AvgIpc) is 3.19. The van der Waals surface area contributed by atoms with Gasteiger partial charge >= 0.3 is 0 Å². The van der Waals surface area contributed by atoms with Gasteiger partial charge in [0.15, 0.2) is 0 Å². The van der Waals surface area contributed by atoms with Gasteiger partial charge < -0.3 is 25.6 Å². The maximum absolute atomic E-state index is 12.5. The second-order valence-electron chi connectivity index (χ2n) is 7.24. The molecule has 2 fully saturated rings. The molecule has 7 nitrogen and oxygen atoms in total. The van der Waals surface area contributed by atoms with E-state index in [1.54, 1.807) is 0 Å². The van der Waals surface area contributed by atoms with E-state index in [0.717, 1.165) is 44.7 Å². The van der Waals surface area contributed by atoms with Gasteiger partial charge in [0.1, 0.15) is 6.10 Å². The van der Waals surface area contributed by atoms with Crippen LogP contribution in [0, 0.1) is 0 Å². The average molecular weight is 374 g/mol. The van der Waals surface area contributed by atoms with Gasteiger partial charge in [0.2, 0.25) is 5.91 Å². The van der Waals surface area contributed by atoms with Crippen LogP contribution in [0.25, 0.3) is 0 Å². The van der Waals surface area contributed by atoms with Gasteiger partial charge in [-0.1, -0.05) is 19.1 Å². The Bertz CT molecular complexity index is 641. The summed E-state index contributed by atoms with van der Waals surface area (Å²) >= 11 is 0. The molecule has 0 radical (unpaired) electrons. The van der Waals surface area contributed by atoms with Crippen molar-refractivity contribution in [1.29, 1.82) is 0 Å². The predicted octanol–water partition coefficient (Wildman–Crippen LogP) is 0.838. The Kier molecular flexibility index (Phi) is 6.82. The Labute approximate surface area is 160 Å². The number of hydrogen-bond acceptors (Lipinski definition) is 5. The van der Waals surface area contributed by atoms with Gasteiger partial charge in [-0.3, -0.25) is 9.59 Å². The van der Waals surface area contributed by atoms with E-state index in [0.29, 0.717) is 25.1 Å². The van der Waals surface area contributed by atoms with Crippen LogP contribution < -0.4 is 11.1 Å². The molecule has 0 spiro atoms. The molecule has 2 saturated heterocycles. The van der Waals surface area contributed by atoms with E-state index in [1.165, 1.54) is 0 Å². The summed E-state index contributed by atoms with van der Waals surface area (Å²) in [4.78, 5) is 29.0. The molecule has 0 aromatic heterocycles. The third-order valence-corrected chi connectivity index (χ3v) is 5.41. The number of carbonyl (C=O) groups excluding carboxylic acids is 2. The molecule has 2 aliphatic rings. The lowest BCUT2D eigenvalue weighted by Gasteiger charge is -2.34. The number of nitrogens with one attached hydrogen (secondary N) is 1. The lowest BCUT2D eigenvalue weighted by atomic mass is 10.1. The fraction of sp³-hybridized carbons (Fsp3) is 0.600. The van der Waals surface area contributed by atoms with Crippen LogP contribution in [0.1, 0.15) is 25.3 Å². The van der Waals surface area contributed by atoms with E-state index in [4.69, 9.17) is 10.5 Å². The SMILES string of the molecule is CCN1CCN(C(=O)Cc2ccc(NC(=O)[C@@H]3CC[C@H](CN)O3)cc2)CC1. The molecule has 0 saturated carbocycles. The van der Waals surface area contributed by atoms with Gasteiger partial charge in [0.05, 0.1) is 12.5 Å². The van der Waals surface area contributed by atoms with Crippen molar-refractivity contribution in [3.05, 3.63) is 29.8 Å². The molecule has 3 N–H and O–H groups in total. The molecule has 2 aliphatic heterocycles. The van der Waals surface area contributed by atoms with Crippen LogP contribution in [0.3, 0.4) is 0 Å². The van der Waals surface area contributed by atoms with E-state index < -0.39 is 6.10 Å². The molecular formula is C20H30N4O3. The van der Waals surface area contributed by atoms with Crippen LogP contribution in [-0.2, 0) is 20.7 Å². The van der Waals surface area contributed by atoms with Crippen molar-refractivity contribution >= 4 is 17.5 Å². The minimum atomic E-state index is -0.429. The van der Waals surface area contributed by atoms with Gasteiger partial charge in [0, 0.05) is 38.4 Å². The quantitative estimate of drug-likeness (QED) is 0.770. The van der Waals surface area contributed by atoms with Gasteiger partial charge in [-0.25, -0.2) is 0 Å². The fourth-order valence-electron chi connectivity index (χ4n) is 3.60. The minimum Gasteiger partial charge on any atom is -0.364 e. The number of hydrogen-bond donors (Lipinski definition) is 2. The number of nitrogens with zero attached hydrogens (tertiary/aromatic N) is 2. The summed E-state index contributed by atoms with van der Waals surface area (Å²) in [6.07, 6.45) is 1.47. The first kappa shape index (κ1) is 19.8. The Balaban J connectivity index is 1.47. The molecule has 1 aromatic rings. The van der Waals surface area contributed by atoms with Crippen LogP contribution >= 0.6 is 0 Å². The van der Waals surface area contributed by atoms with Crippen molar-refractivity contribution in [2.75, 3.05) is 44.6 Å². The Morgan fingerprint density at radius 2 is 1.85 bits per heavy atom. The Morgan fingerprint density at radius 1 is 1.15 bits per heavy atom. The smallest absolute Gasteiger partial charge is 0.253 e. The van der Waals surface area contributed by atoms with Gasteiger partial charge in [-0.15, -0.1) is 0 Å². The number of ether oxygens (including phenoxy) is 1. The summed E-state index contributed by atoms with van der Waals surface area (Å²) in [6.45, 7) is 7.11. The molecule has 2 amide bonds. The molecular weight excluding hydrogens is 344 g/mol. The lowest BCUT2D eigenvalue weighted by Crippen LogP contribution is -2.48. The number of anilines is 1. The number of rotatable bonds is 6. The molecule has 0 aliphatic carbocycles. The Hall–Kier alpha value is -1.96. The highest BCUT2D eigenvalue weighted by Gasteiger charge is 2.29. The van der Waals surface area contributed by atoms with Crippen LogP contribution in [-0.4, -0.2) is 73.1 Å². The zero-order valence-corrected chi connectivity index (χ0v) is 16.0. The summed E-state index contributed by atoms with van der Waals surface area (Å²) in [5.74, 6) is 0.0262.